The molecule has 3 N–H and O–H groups in total. The molecule has 0 heterocycles. The first-order valence-corrected chi connectivity index (χ1v) is 8.17. The topological polar surface area (TPSA) is 72.2 Å². The maximum absolute atomic E-state index is 11.7. The van der Waals surface area contributed by atoms with Crippen LogP contribution in [0.4, 0.5) is 5.69 Å². The van der Waals surface area contributed by atoms with E-state index >= 15 is 0 Å². The first-order chi connectivity index (χ1) is 8.52. The van der Waals surface area contributed by atoms with Crippen molar-refractivity contribution in [2.24, 2.45) is 11.7 Å². The van der Waals surface area contributed by atoms with Gasteiger partial charge in [0.1, 0.15) is 0 Å². The van der Waals surface area contributed by atoms with Crippen LogP contribution in [-0.4, -0.2) is 27.3 Å². The van der Waals surface area contributed by atoms with E-state index in [4.69, 9.17) is 5.73 Å². The van der Waals surface area contributed by atoms with Crippen LogP contribution in [0.2, 0.25) is 0 Å². The fraction of sp³-hybridized carbons (Fsp3) is 0.538. The zero-order valence-electron chi connectivity index (χ0n) is 10.6. The molecule has 2 atom stereocenters. The second kappa shape index (κ2) is 5.28. The smallest absolute Gasteiger partial charge is 0.177 e. The molecule has 0 radical (unpaired) electrons. The molecule has 1 aromatic rings. The van der Waals surface area contributed by atoms with Gasteiger partial charge in [0, 0.05) is 12.3 Å². The standard InChI is InChI=1S/C13H20N2O2S/c1-18(16,17)13-8-3-2-6-12(13)15-11-7-4-5-10(11)9-14/h2-3,6,8,10-11,15H,4-5,7,9,14H2,1H3. The van der Waals surface area contributed by atoms with E-state index in [9.17, 15) is 8.42 Å². The summed E-state index contributed by atoms with van der Waals surface area (Å²) in [6.45, 7) is 0.651. The average Bonchev–Trinajstić information content (AvgIpc) is 2.75. The van der Waals surface area contributed by atoms with E-state index in [1.54, 1.807) is 12.1 Å². The summed E-state index contributed by atoms with van der Waals surface area (Å²) in [6.07, 6.45) is 4.57. The molecule has 0 saturated heterocycles. The molecule has 1 aliphatic carbocycles. The van der Waals surface area contributed by atoms with Gasteiger partial charge in [0.15, 0.2) is 9.84 Å². The van der Waals surface area contributed by atoms with Crippen molar-refractivity contribution in [2.45, 2.75) is 30.2 Å². The molecule has 100 valence electrons. The number of nitrogens with two attached hydrogens (primary N) is 1. The van der Waals surface area contributed by atoms with Gasteiger partial charge in [-0.2, -0.15) is 0 Å². The third kappa shape index (κ3) is 2.84. The highest BCUT2D eigenvalue weighted by Crippen LogP contribution is 2.30. The van der Waals surface area contributed by atoms with Crippen LogP contribution in [0.5, 0.6) is 0 Å². The number of rotatable bonds is 4. The number of anilines is 1. The molecular weight excluding hydrogens is 248 g/mol. The lowest BCUT2D eigenvalue weighted by atomic mass is 10.0. The summed E-state index contributed by atoms with van der Waals surface area (Å²) in [5, 5.41) is 3.36. The molecule has 1 aromatic carbocycles. The minimum atomic E-state index is -3.19. The maximum Gasteiger partial charge on any atom is 0.177 e. The van der Waals surface area contributed by atoms with Crippen molar-refractivity contribution < 1.29 is 8.42 Å². The normalized spacial score (nSPS) is 24.1. The average molecular weight is 268 g/mol. The molecule has 0 spiro atoms. The van der Waals surface area contributed by atoms with Gasteiger partial charge in [0.2, 0.25) is 0 Å². The van der Waals surface area contributed by atoms with Crippen LogP contribution in [0.25, 0.3) is 0 Å². The van der Waals surface area contributed by atoms with Crippen LogP contribution in [0, 0.1) is 5.92 Å². The summed E-state index contributed by atoms with van der Waals surface area (Å²) in [5.74, 6) is 0.442. The Labute approximate surface area is 108 Å². The summed E-state index contributed by atoms with van der Waals surface area (Å²) in [4.78, 5) is 0.368. The van der Waals surface area contributed by atoms with Gasteiger partial charge >= 0.3 is 0 Å². The lowest BCUT2D eigenvalue weighted by Gasteiger charge is -2.22. The largest absolute Gasteiger partial charge is 0.381 e. The lowest BCUT2D eigenvalue weighted by Crippen LogP contribution is -2.30. The van der Waals surface area contributed by atoms with Crippen LogP contribution in [0.3, 0.4) is 0 Å². The Balaban J connectivity index is 2.24. The molecular formula is C13H20N2O2S. The monoisotopic (exact) mass is 268 g/mol. The van der Waals surface area contributed by atoms with Crippen molar-refractivity contribution >= 4 is 15.5 Å². The van der Waals surface area contributed by atoms with Crippen LogP contribution >= 0.6 is 0 Å². The van der Waals surface area contributed by atoms with Crippen LogP contribution in [-0.2, 0) is 9.84 Å². The van der Waals surface area contributed by atoms with E-state index in [2.05, 4.69) is 5.32 Å². The zero-order valence-corrected chi connectivity index (χ0v) is 11.4. The van der Waals surface area contributed by atoms with E-state index in [0.29, 0.717) is 23.0 Å². The summed E-state index contributed by atoms with van der Waals surface area (Å²) in [5.41, 5.74) is 6.44. The Morgan fingerprint density at radius 1 is 1.33 bits per heavy atom. The van der Waals surface area contributed by atoms with Gasteiger partial charge in [0.05, 0.1) is 10.6 Å². The molecule has 18 heavy (non-hydrogen) atoms. The number of sulfone groups is 1. The van der Waals surface area contributed by atoms with Gasteiger partial charge in [-0.05, 0) is 37.4 Å². The van der Waals surface area contributed by atoms with Crippen molar-refractivity contribution in [2.75, 3.05) is 18.1 Å². The summed E-state index contributed by atoms with van der Waals surface area (Å²) in [6, 6.07) is 7.35. The van der Waals surface area contributed by atoms with Gasteiger partial charge in [-0.25, -0.2) is 8.42 Å². The van der Waals surface area contributed by atoms with Crippen molar-refractivity contribution in [3.8, 4) is 0 Å². The highest BCUT2D eigenvalue weighted by molar-refractivity contribution is 7.90. The minimum absolute atomic E-state index is 0.290. The molecule has 1 aliphatic rings. The molecule has 0 bridgehead atoms. The highest BCUT2D eigenvalue weighted by Gasteiger charge is 2.27. The van der Waals surface area contributed by atoms with Gasteiger partial charge in [0.25, 0.3) is 0 Å². The fourth-order valence-corrected chi connectivity index (χ4v) is 3.47. The predicted molar refractivity (Wildman–Crippen MR) is 73.4 cm³/mol. The molecule has 5 heteroatoms. The zero-order chi connectivity index (χ0) is 13.2. The molecule has 0 amide bonds. The van der Waals surface area contributed by atoms with Crippen LogP contribution < -0.4 is 11.1 Å². The Kier molecular flexibility index (Phi) is 3.92. The summed E-state index contributed by atoms with van der Waals surface area (Å²) in [7, 11) is -3.19. The third-order valence-corrected chi connectivity index (χ3v) is 4.74. The van der Waals surface area contributed by atoms with Crippen LogP contribution in [0.15, 0.2) is 29.2 Å². The fourth-order valence-electron chi connectivity index (χ4n) is 2.62. The second-order valence-corrected chi connectivity index (χ2v) is 6.93. The van der Waals surface area contributed by atoms with E-state index in [1.165, 1.54) is 6.26 Å². The van der Waals surface area contributed by atoms with E-state index < -0.39 is 9.84 Å². The van der Waals surface area contributed by atoms with E-state index in [1.807, 2.05) is 12.1 Å². The van der Waals surface area contributed by atoms with Crippen molar-refractivity contribution in [1.82, 2.24) is 0 Å². The second-order valence-electron chi connectivity index (χ2n) is 4.95. The Morgan fingerprint density at radius 2 is 2.06 bits per heavy atom. The first-order valence-electron chi connectivity index (χ1n) is 6.28. The van der Waals surface area contributed by atoms with E-state index in [-0.39, 0.29) is 6.04 Å². The quantitative estimate of drug-likeness (QED) is 0.870. The van der Waals surface area contributed by atoms with E-state index in [0.717, 1.165) is 19.3 Å². The minimum Gasteiger partial charge on any atom is -0.381 e. The maximum atomic E-state index is 11.7. The van der Waals surface area contributed by atoms with Crippen molar-refractivity contribution in [3.63, 3.8) is 0 Å². The molecule has 2 unspecified atom stereocenters. The highest BCUT2D eigenvalue weighted by atomic mass is 32.2. The molecule has 0 aliphatic heterocycles. The number of nitrogens with one attached hydrogen (secondary N) is 1. The van der Waals surface area contributed by atoms with Gasteiger partial charge in [-0.3, -0.25) is 0 Å². The molecule has 0 aromatic heterocycles. The first kappa shape index (κ1) is 13.4. The SMILES string of the molecule is CS(=O)(=O)c1ccccc1NC1CCCC1CN. The molecule has 2 rings (SSSR count). The summed E-state index contributed by atoms with van der Waals surface area (Å²) < 4.78 is 23.4. The number of benzene rings is 1. The molecule has 1 saturated carbocycles. The number of hydrogen-bond donors (Lipinski definition) is 2. The van der Waals surface area contributed by atoms with Crippen molar-refractivity contribution in [3.05, 3.63) is 24.3 Å². The number of hydrogen-bond acceptors (Lipinski definition) is 4. The Hall–Kier alpha value is -1.07. The summed E-state index contributed by atoms with van der Waals surface area (Å²) >= 11 is 0. The molecule has 4 nitrogen and oxygen atoms in total. The Morgan fingerprint density at radius 3 is 2.72 bits per heavy atom. The lowest BCUT2D eigenvalue weighted by molar-refractivity contribution is 0.515. The van der Waals surface area contributed by atoms with Gasteiger partial charge in [-0.1, -0.05) is 18.6 Å². The number of para-hydroxylation sites is 1. The van der Waals surface area contributed by atoms with Gasteiger partial charge < -0.3 is 11.1 Å². The predicted octanol–water partition coefficient (Wildman–Crippen LogP) is 1.63. The van der Waals surface area contributed by atoms with Gasteiger partial charge in [-0.15, -0.1) is 0 Å². The van der Waals surface area contributed by atoms with Crippen LogP contribution in [0.1, 0.15) is 19.3 Å². The Bertz CT molecular complexity index is 513. The molecule has 1 fully saturated rings. The van der Waals surface area contributed by atoms with Crippen molar-refractivity contribution in [1.29, 1.82) is 0 Å². The third-order valence-electron chi connectivity index (χ3n) is 3.59.